The van der Waals surface area contributed by atoms with Crippen LogP contribution < -0.4 is 5.32 Å². The summed E-state index contributed by atoms with van der Waals surface area (Å²) in [4.78, 5) is 12.2. The van der Waals surface area contributed by atoms with Gasteiger partial charge in [-0.15, -0.1) is 10.2 Å². The number of rotatable bonds is 7. The molecule has 1 N–H and O–H groups in total. The lowest BCUT2D eigenvalue weighted by molar-refractivity contribution is -0.113. The van der Waals surface area contributed by atoms with E-state index in [1.807, 2.05) is 37.6 Å². The summed E-state index contributed by atoms with van der Waals surface area (Å²) >= 11 is 6.69. The Morgan fingerprint density at radius 2 is 2.00 bits per heavy atom. The van der Waals surface area contributed by atoms with Crippen molar-refractivity contribution in [1.29, 1.82) is 0 Å². The fourth-order valence-electron chi connectivity index (χ4n) is 1.98. The van der Waals surface area contributed by atoms with Crippen LogP contribution in [0.5, 0.6) is 0 Å². The number of benzene rings is 1. The Balaban J connectivity index is 1.94. The smallest absolute Gasteiger partial charge is 0.234 e. The first kappa shape index (κ1) is 19.3. The minimum Gasteiger partial charge on any atom is -0.324 e. The third-order valence-corrected chi connectivity index (χ3v) is 6.10. The van der Waals surface area contributed by atoms with Crippen molar-refractivity contribution < 1.29 is 4.79 Å². The maximum absolute atomic E-state index is 12.2. The van der Waals surface area contributed by atoms with Crippen molar-refractivity contribution in [3.05, 3.63) is 33.6 Å². The fraction of sp³-hybridized carbons (Fsp3) is 0.438. The van der Waals surface area contributed by atoms with Gasteiger partial charge in [-0.1, -0.05) is 18.7 Å². The predicted octanol–water partition coefficient (Wildman–Crippen LogP) is 4.18. The third kappa shape index (κ3) is 5.00. The maximum atomic E-state index is 12.2. The summed E-state index contributed by atoms with van der Waals surface area (Å²) in [5, 5.41) is 12.0. The van der Waals surface area contributed by atoms with E-state index in [9.17, 15) is 4.79 Å². The second-order valence-corrected chi connectivity index (χ2v) is 8.42. The van der Waals surface area contributed by atoms with Gasteiger partial charge in [0.15, 0.2) is 5.16 Å². The van der Waals surface area contributed by atoms with Gasteiger partial charge < -0.3 is 9.88 Å². The van der Waals surface area contributed by atoms with Crippen molar-refractivity contribution in [3.63, 3.8) is 0 Å². The molecule has 0 radical (unpaired) electrons. The Hall–Kier alpha value is -0.990. The molecule has 2 aromatic rings. The van der Waals surface area contributed by atoms with Crippen LogP contribution in [0.1, 0.15) is 23.9 Å². The molecule has 0 bridgehead atoms. The van der Waals surface area contributed by atoms with Gasteiger partial charge >= 0.3 is 0 Å². The van der Waals surface area contributed by atoms with Gasteiger partial charge in [0.05, 0.1) is 17.2 Å². The van der Waals surface area contributed by atoms with Crippen molar-refractivity contribution in [2.75, 3.05) is 16.8 Å². The number of thioether (sulfide) groups is 2. The molecule has 2 rings (SSSR count). The van der Waals surface area contributed by atoms with Crippen LogP contribution in [-0.2, 0) is 17.6 Å². The van der Waals surface area contributed by atoms with Crippen molar-refractivity contribution >= 4 is 51.0 Å². The number of carbonyl (C=O) groups excluding carboxylic acids is 1. The Bertz CT molecular complexity index is 733. The van der Waals surface area contributed by atoms with Crippen LogP contribution in [0, 0.1) is 13.8 Å². The van der Waals surface area contributed by atoms with Gasteiger partial charge in [-0.05, 0) is 58.8 Å². The first-order valence-electron chi connectivity index (χ1n) is 7.57. The summed E-state index contributed by atoms with van der Waals surface area (Å²) in [6, 6.07) is 3.99. The lowest BCUT2D eigenvalue weighted by atomic mass is 10.1. The van der Waals surface area contributed by atoms with Gasteiger partial charge in [0.1, 0.15) is 5.82 Å². The molecule has 130 valence electrons. The van der Waals surface area contributed by atoms with Crippen molar-refractivity contribution in [2.45, 2.75) is 31.7 Å². The summed E-state index contributed by atoms with van der Waals surface area (Å²) in [5.41, 5.74) is 3.13. The molecular weight excluding hydrogens is 408 g/mol. The first-order chi connectivity index (χ1) is 11.4. The van der Waals surface area contributed by atoms with Crippen molar-refractivity contribution in [3.8, 4) is 0 Å². The van der Waals surface area contributed by atoms with E-state index in [-0.39, 0.29) is 5.91 Å². The largest absolute Gasteiger partial charge is 0.324 e. The highest BCUT2D eigenvalue weighted by Gasteiger charge is 2.12. The van der Waals surface area contributed by atoms with Crippen LogP contribution in [-0.4, -0.2) is 32.2 Å². The van der Waals surface area contributed by atoms with E-state index < -0.39 is 0 Å². The molecular formula is C16H21BrN4OS2. The highest BCUT2D eigenvalue weighted by Crippen LogP contribution is 2.26. The number of aromatic nitrogens is 3. The number of nitrogens with zero attached hydrogens (tertiary/aromatic N) is 3. The van der Waals surface area contributed by atoms with Gasteiger partial charge in [-0.2, -0.15) is 11.8 Å². The minimum absolute atomic E-state index is 0.0589. The molecule has 0 saturated heterocycles. The van der Waals surface area contributed by atoms with Gasteiger partial charge in [0.2, 0.25) is 5.91 Å². The van der Waals surface area contributed by atoms with Crippen LogP contribution in [0.15, 0.2) is 21.8 Å². The van der Waals surface area contributed by atoms with Crippen LogP contribution in [0.4, 0.5) is 5.69 Å². The number of halogens is 1. The van der Waals surface area contributed by atoms with Gasteiger partial charge in [-0.3, -0.25) is 4.79 Å². The van der Waals surface area contributed by atoms with Crippen LogP contribution in [0.2, 0.25) is 0 Å². The highest BCUT2D eigenvalue weighted by molar-refractivity contribution is 9.10. The zero-order chi connectivity index (χ0) is 17.7. The summed E-state index contributed by atoms with van der Waals surface area (Å²) in [6.07, 6.45) is 0. The average Bonchev–Trinajstić information content (AvgIpc) is 2.89. The van der Waals surface area contributed by atoms with E-state index in [0.717, 1.165) is 38.2 Å². The predicted molar refractivity (Wildman–Crippen MR) is 106 cm³/mol. The molecule has 1 aromatic carbocycles. The summed E-state index contributed by atoms with van der Waals surface area (Å²) in [5.74, 6) is 3.05. The number of aryl methyl sites for hydroxylation is 2. The minimum atomic E-state index is -0.0589. The van der Waals surface area contributed by atoms with Gasteiger partial charge in [-0.25, -0.2) is 0 Å². The SMILES string of the molecule is CCSCc1nnc(SCC(=O)Nc2cc(C)c(C)cc2Br)n1C. The normalized spacial score (nSPS) is 10.9. The Morgan fingerprint density at radius 1 is 1.29 bits per heavy atom. The number of anilines is 1. The van der Waals surface area contributed by atoms with Crippen LogP contribution in [0.25, 0.3) is 0 Å². The van der Waals surface area contributed by atoms with E-state index in [0.29, 0.717) is 5.75 Å². The fourth-order valence-corrected chi connectivity index (χ4v) is 3.91. The molecule has 0 saturated carbocycles. The summed E-state index contributed by atoms with van der Waals surface area (Å²) in [7, 11) is 1.94. The zero-order valence-corrected chi connectivity index (χ0v) is 17.4. The molecule has 8 heteroatoms. The van der Waals surface area contributed by atoms with E-state index in [1.54, 1.807) is 11.8 Å². The second kappa shape index (κ2) is 8.92. The number of hydrogen-bond acceptors (Lipinski definition) is 5. The lowest BCUT2D eigenvalue weighted by Crippen LogP contribution is -2.15. The second-order valence-electron chi connectivity index (χ2n) is 5.35. The van der Waals surface area contributed by atoms with Crippen molar-refractivity contribution in [2.24, 2.45) is 7.05 Å². The Kier molecular flexibility index (Phi) is 7.18. The Morgan fingerprint density at radius 3 is 2.71 bits per heavy atom. The molecule has 1 aromatic heterocycles. The molecule has 0 atom stereocenters. The van der Waals surface area contributed by atoms with E-state index in [4.69, 9.17) is 0 Å². The quantitative estimate of drug-likeness (QED) is 0.670. The number of nitrogens with one attached hydrogen (secondary N) is 1. The van der Waals surface area contributed by atoms with Crippen molar-refractivity contribution in [1.82, 2.24) is 14.8 Å². The average molecular weight is 429 g/mol. The maximum Gasteiger partial charge on any atom is 0.234 e. The van der Waals surface area contributed by atoms with E-state index in [2.05, 4.69) is 38.4 Å². The molecule has 0 spiro atoms. The lowest BCUT2D eigenvalue weighted by Gasteiger charge is -2.10. The summed E-state index contributed by atoms with van der Waals surface area (Å²) < 4.78 is 2.84. The molecule has 1 heterocycles. The molecule has 24 heavy (non-hydrogen) atoms. The van der Waals surface area contributed by atoms with Gasteiger partial charge in [0, 0.05) is 11.5 Å². The van der Waals surface area contributed by atoms with Crippen LogP contribution >= 0.6 is 39.5 Å². The first-order valence-corrected chi connectivity index (χ1v) is 10.5. The number of carbonyl (C=O) groups is 1. The van der Waals surface area contributed by atoms with Gasteiger partial charge in [0.25, 0.3) is 0 Å². The summed E-state index contributed by atoms with van der Waals surface area (Å²) in [6.45, 7) is 6.19. The van der Waals surface area contributed by atoms with Crippen LogP contribution in [0.3, 0.4) is 0 Å². The standard InChI is InChI=1S/C16H21BrN4OS2/c1-5-23-8-14-19-20-16(21(14)4)24-9-15(22)18-13-7-11(3)10(2)6-12(13)17/h6-7H,5,8-9H2,1-4H3,(H,18,22). The molecule has 0 unspecified atom stereocenters. The molecule has 0 fully saturated rings. The zero-order valence-electron chi connectivity index (χ0n) is 14.2. The topological polar surface area (TPSA) is 59.8 Å². The Labute approximate surface area is 159 Å². The molecule has 0 aliphatic heterocycles. The molecule has 0 aliphatic rings. The number of amides is 1. The third-order valence-electron chi connectivity index (χ3n) is 3.55. The van der Waals surface area contributed by atoms with E-state index in [1.165, 1.54) is 17.3 Å². The monoisotopic (exact) mass is 428 g/mol. The van der Waals surface area contributed by atoms with E-state index >= 15 is 0 Å². The molecule has 5 nitrogen and oxygen atoms in total. The highest BCUT2D eigenvalue weighted by atomic mass is 79.9. The number of hydrogen-bond donors (Lipinski definition) is 1. The molecule has 1 amide bonds. The molecule has 0 aliphatic carbocycles.